The van der Waals surface area contributed by atoms with Crippen LogP contribution in [0.4, 0.5) is 0 Å². The fourth-order valence-corrected chi connectivity index (χ4v) is 6.42. The molecule has 0 aliphatic carbocycles. The standard InChI is InChI=1S/C26H26N6O5S/c1-30(2)15-22-27-25(37-29-22)17-6-5-7-18(14-17)32-24-19-8-3-4-9-21(19)38(34,35)16-20(24)23(28-32)26(33)31-10-12-36-13-11-31/h3-9,14H,10-13,15-16H2,1-2H3. The summed E-state index contributed by atoms with van der Waals surface area (Å²) in [7, 11) is 0.188. The van der Waals surface area contributed by atoms with E-state index in [0.29, 0.717) is 72.6 Å². The fraction of sp³-hybridized carbons (Fsp3) is 0.308. The second kappa shape index (κ2) is 9.46. The van der Waals surface area contributed by atoms with Gasteiger partial charge < -0.3 is 19.1 Å². The number of morpholine rings is 1. The molecule has 2 aromatic heterocycles. The van der Waals surface area contributed by atoms with E-state index in [4.69, 9.17) is 14.4 Å². The third kappa shape index (κ3) is 4.30. The van der Waals surface area contributed by atoms with Crippen LogP contribution in [0.2, 0.25) is 0 Å². The summed E-state index contributed by atoms with van der Waals surface area (Å²) < 4.78 is 39.0. The van der Waals surface area contributed by atoms with Crippen molar-refractivity contribution in [1.82, 2.24) is 29.7 Å². The van der Waals surface area contributed by atoms with Crippen molar-refractivity contribution in [1.29, 1.82) is 0 Å². The van der Waals surface area contributed by atoms with Gasteiger partial charge in [-0.15, -0.1) is 0 Å². The number of hydrogen-bond acceptors (Lipinski definition) is 9. The van der Waals surface area contributed by atoms with Gasteiger partial charge in [0, 0.05) is 29.8 Å². The topological polar surface area (TPSA) is 124 Å². The van der Waals surface area contributed by atoms with Crippen molar-refractivity contribution in [2.45, 2.75) is 17.2 Å². The number of rotatable bonds is 5. The van der Waals surface area contributed by atoms with E-state index in [1.54, 1.807) is 33.8 Å². The van der Waals surface area contributed by atoms with Crippen LogP contribution in [-0.4, -0.2) is 84.4 Å². The molecule has 4 heterocycles. The minimum atomic E-state index is -3.66. The monoisotopic (exact) mass is 534 g/mol. The average Bonchev–Trinajstić information content (AvgIpc) is 3.53. The van der Waals surface area contributed by atoms with Gasteiger partial charge in [0.1, 0.15) is 0 Å². The number of hydrogen-bond donors (Lipinski definition) is 0. The van der Waals surface area contributed by atoms with Gasteiger partial charge in [0.15, 0.2) is 21.4 Å². The Morgan fingerprint density at radius 1 is 1.08 bits per heavy atom. The van der Waals surface area contributed by atoms with Gasteiger partial charge in [-0.3, -0.25) is 4.79 Å². The molecule has 196 valence electrons. The van der Waals surface area contributed by atoms with Crippen molar-refractivity contribution in [3.63, 3.8) is 0 Å². The van der Waals surface area contributed by atoms with Gasteiger partial charge in [0.2, 0.25) is 0 Å². The Morgan fingerprint density at radius 2 is 1.87 bits per heavy atom. The minimum Gasteiger partial charge on any atom is -0.378 e. The second-order valence-electron chi connectivity index (χ2n) is 9.55. The lowest BCUT2D eigenvalue weighted by Gasteiger charge is -2.26. The Balaban J connectivity index is 1.50. The Hall–Kier alpha value is -3.87. The second-order valence-corrected chi connectivity index (χ2v) is 11.5. The van der Waals surface area contributed by atoms with E-state index in [9.17, 15) is 13.2 Å². The molecule has 0 radical (unpaired) electrons. The summed E-state index contributed by atoms with van der Waals surface area (Å²) in [6.07, 6.45) is 0. The third-order valence-electron chi connectivity index (χ3n) is 6.56. The highest BCUT2D eigenvalue weighted by molar-refractivity contribution is 7.90. The van der Waals surface area contributed by atoms with Crippen LogP contribution in [-0.2, 0) is 26.9 Å². The van der Waals surface area contributed by atoms with Gasteiger partial charge in [-0.05, 0) is 38.4 Å². The number of sulfone groups is 1. The molecule has 0 atom stereocenters. The summed E-state index contributed by atoms with van der Waals surface area (Å²) in [4.78, 5) is 21.9. The van der Waals surface area contributed by atoms with E-state index in [0.717, 1.165) is 0 Å². The number of nitrogens with zero attached hydrogens (tertiary/aromatic N) is 6. The molecule has 11 nitrogen and oxygen atoms in total. The summed E-state index contributed by atoms with van der Waals surface area (Å²) >= 11 is 0. The number of aromatic nitrogens is 4. The van der Waals surface area contributed by atoms with Crippen LogP contribution in [0.25, 0.3) is 28.4 Å². The van der Waals surface area contributed by atoms with Crippen LogP contribution < -0.4 is 0 Å². The van der Waals surface area contributed by atoms with Gasteiger partial charge in [-0.2, -0.15) is 10.1 Å². The first-order valence-corrected chi connectivity index (χ1v) is 13.9. The van der Waals surface area contributed by atoms with Crippen LogP contribution in [0.3, 0.4) is 0 Å². The molecule has 2 aromatic carbocycles. The molecule has 2 aliphatic rings. The number of carbonyl (C=O) groups is 1. The zero-order valence-corrected chi connectivity index (χ0v) is 21.8. The quantitative estimate of drug-likeness (QED) is 0.380. The lowest BCUT2D eigenvalue weighted by atomic mass is 10.0. The van der Waals surface area contributed by atoms with Crippen LogP contribution in [0.1, 0.15) is 21.9 Å². The summed E-state index contributed by atoms with van der Waals surface area (Å²) in [5.74, 6) is 0.308. The summed E-state index contributed by atoms with van der Waals surface area (Å²) in [6, 6.07) is 14.2. The molecule has 4 aromatic rings. The van der Waals surface area contributed by atoms with E-state index < -0.39 is 9.84 Å². The van der Waals surface area contributed by atoms with Gasteiger partial charge in [0.05, 0.1) is 41.8 Å². The summed E-state index contributed by atoms with van der Waals surface area (Å²) in [6.45, 7) is 2.24. The molecule has 0 saturated carbocycles. The Bertz CT molecular complexity index is 1640. The molecule has 1 saturated heterocycles. The third-order valence-corrected chi connectivity index (χ3v) is 8.25. The molecule has 38 heavy (non-hydrogen) atoms. The van der Waals surface area contributed by atoms with Gasteiger partial charge in [-0.1, -0.05) is 29.4 Å². The molecule has 1 fully saturated rings. The summed E-state index contributed by atoms with van der Waals surface area (Å²) in [5.41, 5.74) is 2.96. The molecular formula is C26H26N6O5S. The number of ether oxygens (including phenoxy) is 1. The van der Waals surface area contributed by atoms with Crippen molar-refractivity contribution in [3.8, 4) is 28.4 Å². The average molecular weight is 535 g/mol. The first kappa shape index (κ1) is 24.5. The summed E-state index contributed by atoms with van der Waals surface area (Å²) in [5, 5.41) is 8.78. The molecule has 6 rings (SSSR count). The smallest absolute Gasteiger partial charge is 0.274 e. The molecule has 2 aliphatic heterocycles. The Labute approximate surface area is 219 Å². The van der Waals surface area contributed by atoms with Crippen LogP contribution >= 0.6 is 0 Å². The highest BCUT2D eigenvalue weighted by Crippen LogP contribution is 2.41. The molecule has 0 unspecified atom stereocenters. The first-order chi connectivity index (χ1) is 18.3. The fourth-order valence-electron chi connectivity index (χ4n) is 4.83. The maximum Gasteiger partial charge on any atom is 0.274 e. The van der Waals surface area contributed by atoms with E-state index in [1.165, 1.54) is 0 Å². The molecule has 0 spiro atoms. The molecule has 1 amide bonds. The van der Waals surface area contributed by atoms with Crippen molar-refractivity contribution >= 4 is 15.7 Å². The Morgan fingerprint density at radius 3 is 2.66 bits per heavy atom. The largest absolute Gasteiger partial charge is 0.378 e. The maximum absolute atomic E-state index is 13.6. The zero-order valence-electron chi connectivity index (χ0n) is 21.0. The van der Waals surface area contributed by atoms with E-state index >= 15 is 0 Å². The molecular weight excluding hydrogens is 508 g/mol. The first-order valence-electron chi connectivity index (χ1n) is 12.2. The maximum atomic E-state index is 13.6. The number of benzene rings is 2. The van der Waals surface area contributed by atoms with Crippen molar-refractivity contribution < 1.29 is 22.5 Å². The highest BCUT2D eigenvalue weighted by Gasteiger charge is 2.37. The van der Waals surface area contributed by atoms with Gasteiger partial charge in [0.25, 0.3) is 11.8 Å². The predicted molar refractivity (Wildman–Crippen MR) is 137 cm³/mol. The number of fused-ring (bicyclic) bond motifs is 3. The predicted octanol–water partition coefficient (Wildman–Crippen LogP) is 2.41. The van der Waals surface area contributed by atoms with Crippen molar-refractivity contribution in [3.05, 3.63) is 65.6 Å². The molecule has 0 N–H and O–H groups in total. The lowest BCUT2D eigenvalue weighted by Crippen LogP contribution is -2.41. The molecule has 0 bridgehead atoms. The lowest BCUT2D eigenvalue weighted by molar-refractivity contribution is 0.0298. The van der Waals surface area contributed by atoms with E-state index in [-0.39, 0.29) is 22.2 Å². The number of carbonyl (C=O) groups excluding carboxylic acids is 1. The zero-order chi connectivity index (χ0) is 26.4. The van der Waals surface area contributed by atoms with Crippen LogP contribution in [0, 0.1) is 0 Å². The minimum absolute atomic E-state index is 0.136. The van der Waals surface area contributed by atoms with Gasteiger partial charge >= 0.3 is 0 Å². The van der Waals surface area contributed by atoms with Gasteiger partial charge in [-0.25, -0.2) is 13.1 Å². The normalized spacial score (nSPS) is 16.3. The highest BCUT2D eigenvalue weighted by atomic mass is 32.2. The Kier molecular flexibility index (Phi) is 6.09. The van der Waals surface area contributed by atoms with Crippen LogP contribution in [0.15, 0.2) is 57.9 Å². The van der Waals surface area contributed by atoms with E-state index in [1.807, 2.05) is 43.3 Å². The van der Waals surface area contributed by atoms with Crippen molar-refractivity contribution in [2.75, 3.05) is 40.4 Å². The van der Waals surface area contributed by atoms with Crippen molar-refractivity contribution in [2.24, 2.45) is 0 Å². The van der Waals surface area contributed by atoms with E-state index in [2.05, 4.69) is 10.1 Å². The molecule has 12 heteroatoms. The SMILES string of the molecule is CN(C)Cc1noc(-c2cccc(-n3nc(C(=O)N4CCOCC4)c4c3-c3ccccc3S(=O)(=O)C4)c2)n1. The number of amides is 1. The van der Waals surface area contributed by atoms with Crippen LogP contribution in [0.5, 0.6) is 0 Å².